The van der Waals surface area contributed by atoms with Gasteiger partial charge in [0.25, 0.3) is 0 Å². The average molecular weight is 368 g/mol. The molecule has 0 saturated heterocycles. The molecule has 0 spiro atoms. The van der Waals surface area contributed by atoms with E-state index in [0.29, 0.717) is 40.1 Å². The van der Waals surface area contributed by atoms with Crippen molar-refractivity contribution in [1.82, 2.24) is 0 Å². The van der Waals surface area contributed by atoms with Gasteiger partial charge in [0, 0.05) is 34.4 Å². The lowest BCUT2D eigenvalue weighted by Gasteiger charge is -2.16. The van der Waals surface area contributed by atoms with Crippen molar-refractivity contribution < 1.29 is 23.5 Å². The number of carbonyl (C=O) groups excluding carboxylic acids is 2. The summed E-state index contributed by atoms with van der Waals surface area (Å²) in [4.78, 5) is 24.3. The first-order valence-electron chi connectivity index (χ1n) is 9.10. The van der Waals surface area contributed by atoms with Crippen molar-refractivity contribution in [2.24, 2.45) is 0 Å². The smallest absolute Gasteiger partial charge is 0.311 e. The molecular formula is C22H21FO4. The monoisotopic (exact) mass is 368 g/mol. The van der Waals surface area contributed by atoms with Gasteiger partial charge in [-0.15, -0.1) is 0 Å². The summed E-state index contributed by atoms with van der Waals surface area (Å²) in [7, 11) is 0. The third-order valence-corrected chi connectivity index (χ3v) is 4.23. The highest BCUT2D eigenvalue weighted by atomic mass is 19.1. The van der Waals surface area contributed by atoms with Gasteiger partial charge < -0.3 is 9.47 Å². The first-order valence-corrected chi connectivity index (χ1v) is 9.10. The van der Waals surface area contributed by atoms with E-state index in [1.165, 1.54) is 12.1 Å². The van der Waals surface area contributed by atoms with Crippen molar-refractivity contribution >= 4 is 33.5 Å². The molecule has 0 atom stereocenters. The van der Waals surface area contributed by atoms with Crippen LogP contribution in [0.25, 0.3) is 21.5 Å². The third-order valence-electron chi connectivity index (χ3n) is 4.23. The second kappa shape index (κ2) is 8.16. The molecule has 3 aromatic carbocycles. The predicted molar refractivity (Wildman–Crippen MR) is 102 cm³/mol. The van der Waals surface area contributed by atoms with Gasteiger partial charge in [0.1, 0.15) is 17.3 Å². The van der Waals surface area contributed by atoms with Gasteiger partial charge >= 0.3 is 11.9 Å². The van der Waals surface area contributed by atoms with Crippen LogP contribution in [-0.2, 0) is 9.59 Å². The highest BCUT2D eigenvalue weighted by Gasteiger charge is 2.20. The molecule has 3 aromatic rings. The van der Waals surface area contributed by atoms with E-state index in [0.717, 1.165) is 0 Å². The molecule has 0 heterocycles. The van der Waals surface area contributed by atoms with Gasteiger partial charge in [-0.05, 0) is 31.0 Å². The van der Waals surface area contributed by atoms with E-state index >= 15 is 0 Å². The number of fused-ring (bicyclic) bond motifs is 2. The Balaban J connectivity index is 2.29. The van der Waals surface area contributed by atoms with Crippen LogP contribution in [-0.4, -0.2) is 11.9 Å². The highest BCUT2D eigenvalue weighted by Crippen LogP contribution is 2.43. The maximum atomic E-state index is 14.0. The van der Waals surface area contributed by atoms with E-state index in [4.69, 9.17) is 9.47 Å². The molecule has 0 amide bonds. The van der Waals surface area contributed by atoms with Crippen LogP contribution in [0.2, 0.25) is 0 Å². The van der Waals surface area contributed by atoms with Crippen LogP contribution in [0, 0.1) is 5.82 Å². The maximum absolute atomic E-state index is 14.0. The average Bonchev–Trinajstić information content (AvgIpc) is 2.64. The molecule has 0 N–H and O–H groups in total. The lowest BCUT2D eigenvalue weighted by molar-refractivity contribution is -0.135. The topological polar surface area (TPSA) is 52.6 Å². The fraction of sp³-hybridized carbons (Fsp3) is 0.273. The lowest BCUT2D eigenvalue weighted by Crippen LogP contribution is -2.10. The zero-order valence-corrected chi connectivity index (χ0v) is 15.4. The zero-order chi connectivity index (χ0) is 19.4. The Bertz CT molecular complexity index is 1010. The number of rotatable bonds is 6. The molecule has 0 aliphatic heterocycles. The summed E-state index contributed by atoms with van der Waals surface area (Å²) >= 11 is 0. The molecular weight excluding hydrogens is 347 g/mol. The summed E-state index contributed by atoms with van der Waals surface area (Å²) in [5.41, 5.74) is 0. The van der Waals surface area contributed by atoms with E-state index < -0.39 is 5.82 Å². The Morgan fingerprint density at radius 1 is 0.778 bits per heavy atom. The molecule has 0 radical (unpaired) electrons. The minimum absolute atomic E-state index is 0.262. The normalized spacial score (nSPS) is 10.9. The minimum atomic E-state index is -0.462. The molecule has 140 valence electrons. The first-order chi connectivity index (χ1) is 13.0. The van der Waals surface area contributed by atoms with E-state index in [9.17, 15) is 14.0 Å². The number of hydrogen-bond acceptors (Lipinski definition) is 4. The molecule has 0 aliphatic carbocycles. The number of hydrogen-bond donors (Lipinski definition) is 0. The van der Waals surface area contributed by atoms with Gasteiger partial charge in [0.05, 0.1) is 0 Å². The van der Waals surface area contributed by atoms with E-state index in [-0.39, 0.29) is 30.5 Å². The fourth-order valence-corrected chi connectivity index (χ4v) is 3.03. The van der Waals surface area contributed by atoms with Crippen molar-refractivity contribution in [3.05, 3.63) is 48.3 Å². The third kappa shape index (κ3) is 3.92. The van der Waals surface area contributed by atoms with Crippen molar-refractivity contribution in [2.75, 3.05) is 0 Å². The van der Waals surface area contributed by atoms with Crippen molar-refractivity contribution in [2.45, 2.75) is 39.5 Å². The largest absolute Gasteiger partial charge is 0.425 e. The Labute approximate surface area is 156 Å². The SMILES string of the molecule is CCCC(=O)Oc1c2ccccc2c(OC(=O)CCC)c2cc(F)ccc12. The summed E-state index contributed by atoms with van der Waals surface area (Å²) in [6, 6.07) is 11.3. The van der Waals surface area contributed by atoms with Crippen LogP contribution in [0.3, 0.4) is 0 Å². The Morgan fingerprint density at radius 2 is 1.26 bits per heavy atom. The number of carbonyl (C=O) groups is 2. The van der Waals surface area contributed by atoms with Crippen LogP contribution in [0.4, 0.5) is 4.39 Å². The summed E-state index contributed by atoms with van der Waals surface area (Å²) in [5, 5.41) is 2.16. The molecule has 4 nitrogen and oxygen atoms in total. The summed E-state index contributed by atoms with van der Waals surface area (Å²) in [5.74, 6) is -0.562. The van der Waals surface area contributed by atoms with Crippen LogP contribution in [0.5, 0.6) is 11.5 Å². The first kappa shape index (κ1) is 18.8. The highest BCUT2D eigenvalue weighted by molar-refractivity contribution is 6.12. The standard InChI is InChI=1S/C22H21FO4/c1-3-7-19(24)26-21-15-9-5-6-10-16(15)22(27-20(25)8-4-2)18-13-14(23)11-12-17(18)21/h5-6,9-13H,3-4,7-8H2,1-2H3. The Kier molecular flexibility index (Phi) is 5.69. The van der Waals surface area contributed by atoms with Gasteiger partial charge in [-0.3, -0.25) is 9.59 Å². The lowest BCUT2D eigenvalue weighted by atomic mass is 10.0. The number of benzene rings is 3. The van der Waals surface area contributed by atoms with Gasteiger partial charge in [0.15, 0.2) is 0 Å². The Hall–Kier alpha value is -2.95. The van der Waals surface area contributed by atoms with Crippen LogP contribution in [0.1, 0.15) is 39.5 Å². The van der Waals surface area contributed by atoms with E-state index in [1.807, 2.05) is 19.9 Å². The molecule has 0 aliphatic rings. The van der Waals surface area contributed by atoms with Gasteiger partial charge in [-0.1, -0.05) is 38.1 Å². The second-order valence-electron chi connectivity index (χ2n) is 6.34. The number of esters is 2. The predicted octanol–water partition coefficient (Wildman–Crippen LogP) is 5.54. The van der Waals surface area contributed by atoms with E-state index in [2.05, 4.69) is 0 Å². The zero-order valence-electron chi connectivity index (χ0n) is 15.4. The van der Waals surface area contributed by atoms with Crippen molar-refractivity contribution in [3.8, 4) is 11.5 Å². The molecule has 0 fully saturated rings. The molecule has 5 heteroatoms. The van der Waals surface area contributed by atoms with Gasteiger partial charge in [0.2, 0.25) is 0 Å². The van der Waals surface area contributed by atoms with Crippen LogP contribution < -0.4 is 9.47 Å². The number of ether oxygens (including phenoxy) is 2. The summed E-state index contributed by atoms with van der Waals surface area (Å²) < 4.78 is 25.2. The van der Waals surface area contributed by atoms with Gasteiger partial charge in [-0.2, -0.15) is 0 Å². The molecule has 27 heavy (non-hydrogen) atoms. The second-order valence-corrected chi connectivity index (χ2v) is 6.34. The molecule has 3 rings (SSSR count). The fourth-order valence-electron chi connectivity index (χ4n) is 3.03. The molecule has 0 saturated carbocycles. The number of halogens is 1. The molecule has 0 aromatic heterocycles. The van der Waals surface area contributed by atoms with Crippen LogP contribution >= 0.6 is 0 Å². The van der Waals surface area contributed by atoms with Crippen molar-refractivity contribution in [1.29, 1.82) is 0 Å². The van der Waals surface area contributed by atoms with Gasteiger partial charge in [-0.25, -0.2) is 4.39 Å². The van der Waals surface area contributed by atoms with E-state index in [1.54, 1.807) is 24.3 Å². The molecule has 0 bridgehead atoms. The van der Waals surface area contributed by atoms with Crippen LogP contribution in [0.15, 0.2) is 42.5 Å². The van der Waals surface area contributed by atoms with Crippen molar-refractivity contribution in [3.63, 3.8) is 0 Å². The maximum Gasteiger partial charge on any atom is 0.311 e. The minimum Gasteiger partial charge on any atom is -0.425 e. The summed E-state index contributed by atoms with van der Waals surface area (Å²) in [6.45, 7) is 3.77. The molecule has 0 unspecified atom stereocenters. The summed E-state index contributed by atoms with van der Waals surface area (Å²) in [6.07, 6.45) is 1.86. The Morgan fingerprint density at radius 3 is 1.78 bits per heavy atom. The quantitative estimate of drug-likeness (QED) is 0.325.